The van der Waals surface area contributed by atoms with Crippen LogP contribution < -0.4 is 22.3 Å². The lowest BCUT2D eigenvalue weighted by molar-refractivity contribution is 0.250. The molecule has 2 amide bonds. The molecule has 0 saturated carbocycles. The molecule has 7 nitrogen and oxygen atoms in total. The third kappa shape index (κ3) is 2.29. The molecule has 0 atom stereocenters. The fourth-order valence-corrected chi connectivity index (χ4v) is 0.570. The minimum absolute atomic E-state index is 0.314. The zero-order valence-electron chi connectivity index (χ0n) is 6.00. The van der Waals surface area contributed by atoms with Gasteiger partial charge in [-0.15, -0.1) is 0 Å². The first kappa shape index (κ1) is 8.05. The first-order chi connectivity index (χ1) is 5.68. The van der Waals surface area contributed by atoms with Crippen LogP contribution in [0, 0.1) is 0 Å². The lowest BCUT2D eigenvalue weighted by atomic mass is 10.6. The molecule has 0 aliphatic heterocycles. The summed E-state index contributed by atoms with van der Waals surface area (Å²) in [6.45, 7) is 0. The minimum Gasteiger partial charge on any atom is -0.350 e. The van der Waals surface area contributed by atoms with Crippen LogP contribution in [0.3, 0.4) is 0 Å². The van der Waals surface area contributed by atoms with Crippen LogP contribution in [0.4, 0.5) is 10.6 Å². The number of nitrogens with zero attached hydrogens (tertiary/aromatic N) is 1. The summed E-state index contributed by atoms with van der Waals surface area (Å²) in [6, 6.07) is 0.727. The van der Waals surface area contributed by atoms with Crippen molar-refractivity contribution in [3.05, 3.63) is 22.7 Å². The van der Waals surface area contributed by atoms with E-state index in [1.807, 2.05) is 0 Å². The Morgan fingerprint density at radius 3 is 3.00 bits per heavy atom. The van der Waals surface area contributed by atoms with Crippen molar-refractivity contribution in [2.24, 2.45) is 5.73 Å². The fraction of sp³-hybridized carbons (Fsp3) is 0. The van der Waals surface area contributed by atoms with Gasteiger partial charge in [0.25, 0.3) is 0 Å². The Morgan fingerprint density at radius 2 is 2.42 bits per heavy atom. The van der Waals surface area contributed by atoms with E-state index in [-0.39, 0.29) is 0 Å². The van der Waals surface area contributed by atoms with Gasteiger partial charge in [-0.2, -0.15) is 0 Å². The molecule has 0 bridgehead atoms. The van der Waals surface area contributed by atoms with Gasteiger partial charge in [0.05, 0.1) is 0 Å². The summed E-state index contributed by atoms with van der Waals surface area (Å²) in [5.41, 5.74) is 8.69. The van der Waals surface area contributed by atoms with Crippen LogP contribution in [0.1, 0.15) is 0 Å². The number of nitrogens with one attached hydrogen (secondary N) is 3. The van der Waals surface area contributed by atoms with Crippen LogP contribution in [-0.4, -0.2) is 16.0 Å². The Morgan fingerprint density at radius 1 is 1.67 bits per heavy atom. The number of primary amides is 1. The molecule has 0 aliphatic carbocycles. The number of amides is 2. The van der Waals surface area contributed by atoms with Gasteiger partial charge < -0.3 is 5.73 Å². The summed E-state index contributed by atoms with van der Waals surface area (Å²) in [7, 11) is 0. The van der Waals surface area contributed by atoms with E-state index in [1.165, 1.54) is 12.3 Å². The number of carbonyl (C=O) groups excluding carboxylic acids is 1. The van der Waals surface area contributed by atoms with E-state index in [0.29, 0.717) is 5.82 Å². The maximum absolute atomic E-state index is 10.6. The van der Waals surface area contributed by atoms with Gasteiger partial charge in [0, 0.05) is 6.20 Å². The maximum Gasteiger partial charge on any atom is 0.346 e. The lowest BCUT2D eigenvalue weighted by Gasteiger charge is -2.03. The lowest BCUT2D eigenvalue weighted by Crippen LogP contribution is -2.35. The normalized spacial score (nSPS) is 9.00. The van der Waals surface area contributed by atoms with Crippen LogP contribution in [0.25, 0.3) is 0 Å². The van der Waals surface area contributed by atoms with Crippen molar-refractivity contribution in [2.45, 2.75) is 0 Å². The second-order valence-electron chi connectivity index (χ2n) is 1.90. The molecule has 7 heteroatoms. The zero-order chi connectivity index (χ0) is 8.97. The van der Waals surface area contributed by atoms with Crippen LogP contribution >= 0.6 is 0 Å². The Balaban J connectivity index is 2.64. The van der Waals surface area contributed by atoms with Crippen molar-refractivity contribution in [3.63, 3.8) is 0 Å². The van der Waals surface area contributed by atoms with Crippen molar-refractivity contribution in [1.29, 1.82) is 0 Å². The van der Waals surface area contributed by atoms with Crippen molar-refractivity contribution >= 4 is 11.8 Å². The second-order valence-corrected chi connectivity index (χ2v) is 1.90. The average molecular weight is 169 g/mol. The van der Waals surface area contributed by atoms with Gasteiger partial charge in [-0.3, -0.25) is 15.8 Å². The van der Waals surface area contributed by atoms with Gasteiger partial charge in [0.15, 0.2) is 0 Å². The topological polar surface area (TPSA) is 113 Å². The first-order valence-electron chi connectivity index (χ1n) is 3.05. The zero-order valence-corrected chi connectivity index (χ0v) is 6.00. The van der Waals surface area contributed by atoms with Crippen LogP contribution in [0.2, 0.25) is 0 Å². The fourth-order valence-electron chi connectivity index (χ4n) is 0.570. The van der Waals surface area contributed by atoms with Crippen LogP contribution in [0.15, 0.2) is 17.1 Å². The monoisotopic (exact) mass is 169 g/mol. The number of nitrogens with two attached hydrogens (primary N) is 1. The predicted octanol–water partition coefficient (Wildman–Crippen LogP) is -1.23. The van der Waals surface area contributed by atoms with Gasteiger partial charge in [0.1, 0.15) is 5.82 Å². The largest absolute Gasteiger partial charge is 0.350 e. The van der Waals surface area contributed by atoms with E-state index >= 15 is 0 Å². The van der Waals surface area contributed by atoms with Crippen LogP contribution in [0.5, 0.6) is 0 Å². The Hall–Kier alpha value is -2.05. The van der Waals surface area contributed by atoms with Crippen molar-refractivity contribution in [3.8, 4) is 0 Å². The number of carbonyl (C=O) groups is 1. The van der Waals surface area contributed by atoms with Crippen molar-refractivity contribution in [2.75, 3.05) is 5.43 Å². The molecule has 0 spiro atoms. The number of anilines is 1. The molecule has 12 heavy (non-hydrogen) atoms. The smallest absolute Gasteiger partial charge is 0.346 e. The number of hydrazine groups is 1. The maximum atomic E-state index is 10.6. The molecule has 0 saturated heterocycles. The van der Waals surface area contributed by atoms with E-state index in [9.17, 15) is 9.59 Å². The molecule has 1 aromatic heterocycles. The highest BCUT2D eigenvalue weighted by Crippen LogP contribution is 1.91. The number of aromatic amines is 1. The average Bonchev–Trinajstić information content (AvgIpc) is 2.01. The molecule has 0 unspecified atom stereocenters. The number of hydrogen-bond acceptors (Lipinski definition) is 4. The highest BCUT2D eigenvalue weighted by atomic mass is 16.2. The number of urea groups is 1. The molecular weight excluding hydrogens is 162 g/mol. The molecule has 1 heterocycles. The number of hydrogen-bond donors (Lipinski definition) is 4. The summed E-state index contributed by atoms with van der Waals surface area (Å²) in [5.74, 6) is 0.314. The molecule has 1 rings (SSSR count). The highest BCUT2D eigenvalue weighted by molar-refractivity contribution is 5.72. The van der Waals surface area contributed by atoms with E-state index < -0.39 is 11.7 Å². The third-order valence-corrected chi connectivity index (χ3v) is 0.995. The van der Waals surface area contributed by atoms with E-state index in [1.54, 1.807) is 0 Å². The molecule has 1 aromatic rings. The third-order valence-electron chi connectivity index (χ3n) is 0.995. The van der Waals surface area contributed by atoms with Crippen molar-refractivity contribution < 1.29 is 4.79 Å². The molecule has 64 valence electrons. The molecular formula is C5H7N5O2. The van der Waals surface area contributed by atoms with Gasteiger partial charge in [0.2, 0.25) is 0 Å². The van der Waals surface area contributed by atoms with E-state index in [4.69, 9.17) is 5.73 Å². The van der Waals surface area contributed by atoms with Gasteiger partial charge in [-0.25, -0.2) is 14.6 Å². The van der Waals surface area contributed by atoms with Gasteiger partial charge in [-0.05, 0) is 6.07 Å². The summed E-state index contributed by atoms with van der Waals surface area (Å²) in [6.07, 6.45) is 1.30. The summed E-state index contributed by atoms with van der Waals surface area (Å²) < 4.78 is 0. The molecule has 0 aliphatic rings. The Kier molecular flexibility index (Phi) is 2.26. The summed E-state index contributed by atoms with van der Waals surface area (Å²) in [5, 5.41) is 0. The number of rotatable bonds is 2. The molecule has 0 aromatic carbocycles. The van der Waals surface area contributed by atoms with E-state index in [2.05, 4.69) is 20.8 Å². The Labute approximate surface area is 67.0 Å². The number of H-pyrrole nitrogens is 1. The summed E-state index contributed by atoms with van der Waals surface area (Å²) >= 11 is 0. The predicted molar refractivity (Wildman–Crippen MR) is 41.2 cm³/mol. The minimum atomic E-state index is -0.743. The standard InChI is InChI=1S/C5H7N5O2/c6-4(11)10-9-3-1-2-7-5(12)8-3/h1-2H,(H3,6,10,11)(H2,7,8,9,12). The van der Waals surface area contributed by atoms with Gasteiger partial charge >= 0.3 is 11.7 Å². The van der Waals surface area contributed by atoms with E-state index in [0.717, 1.165) is 0 Å². The molecule has 0 fully saturated rings. The number of aromatic nitrogens is 2. The summed E-state index contributed by atoms with van der Waals surface area (Å²) in [4.78, 5) is 26.5. The molecule has 5 N–H and O–H groups in total. The Bertz CT molecular complexity index is 333. The molecule has 0 radical (unpaired) electrons. The SMILES string of the molecule is NC(=O)NNc1ccnc(=O)[nH]1. The first-order valence-corrected chi connectivity index (χ1v) is 3.05. The van der Waals surface area contributed by atoms with Crippen molar-refractivity contribution in [1.82, 2.24) is 15.4 Å². The highest BCUT2D eigenvalue weighted by Gasteiger charge is 1.92. The second kappa shape index (κ2) is 3.37. The van der Waals surface area contributed by atoms with Gasteiger partial charge in [-0.1, -0.05) is 0 Å². The quantitative estimate of drug-likeness (QED) is 0.415. The van der Waals surface area contributed by atoms with Crippen LogP contribution in [-0.2, 0) is 0 Å².